The molecule has 0 unspecified atom stereocenters. The Morgan fingerprint density at radius 3 is 2.58 bits per heavy atom. The van der Waals surface area contributed by atoms with E-state index in [-0.39, 0.29) is 5.91 Å². The Hall–Kier alpha value is -2.41. The number of hydrogen-bond donors (Lipinski definition) is 2. The molecule has 0 aliphatic heterocycles. The van der Waals surface area contributed by atoms with Gasteiger partial charge in [0.05, 0.1) is 10.0 Å². The van der Waals surface area contributed by atoms with Crippen molar-refractivity contribution >= 4 is 56.8 Å². The molecule has 2 aromatic carbocycles. The molecular formula is C18H14Cl2N4OS. The van der Waals surface area contributed by atoms with E-state index in [2.05, 4.69) is 20.8 Å². The maximum Gasteiger partial charge on any atom is 0.250 e. The predicted molar refractivity (Wildman–Crippen MR) is 108 cm³/mol. The fourth-order valence-electron chi connectivity index (χ4n) is 2.06. The van der Waals surface area contributed by atoms with Crippen molar-refractivity contribution in [3.8, 4) is 0 Å². The Morgan fingerprint density at radius 1 is 1.04 bits per heavy atom. The minimum Gasteiger partial charge on any atom is -0.356 e. The lowest BCUT2D eigenvalue weighted by atomic mass is 10.2. The zero-order chi connectivity index (χ0) is 18.4. The van der Waals surface area contributed by atoms with Gasteiger partial charge in [-0.2, -0.15) is 0 Å². The molecule has 0 radical (unpaired) electrons. The lowest BCUT2D eigenvalue weighted by Gasteiger charge is -2.03. The number of rotatable bonds is 6. The van der Waals surface area contributed by atoms with Crippen LogP contribution in [0.5, 0.6) is 0 Å². The van der Waals surface area contributed by atoms with Crippen molar-refractivity contribution in [1.29, 1.82) is 0 Å². The number of nitrogens with zero attached hydrogens (tertiary/aromatic N) is 2. The molecule has 0 saturated carbocycles. The van der Waals surface area contributed by atoms with E-state index in [9.17, 15) is 4.79 Å². The summed E-state index contributed by atoms with van der Waals surface area (Å²) in [6.07, 6.45) is 3.19. The van der Waals surface area contributed by atoms with E-state index in [1.54, 1.807) is 18.2 Å². The van der Waals surface area contributed by atoms with Gasteiger partial charge in [0.25, 0.3) is 0 Å². The fraction of sp³-hybridized carbons (Fsp3) is 0.0556. The average molecular weight is 405 g/mol. The highest BCUT2D eigenvalue weighted by atomic mass is 35.5. The van der Waals surface area contributed by atoms with Crippen molar-refractivity contribution in [3.63, 3.8) is 0 Å². The van der Waals surface area contributed by atoms with Crippen LogP contribution in [0.15, 0.2) is 54.6 Å². The molecule has 0 fully saturated rings. The number of amides is 1. The standard InChI is InChI=1S/C18H14Cl2N4OS/c19-14-8-6-13(10-15(14)20)11-21-17-23-24-18(26-17)22-16(25)9-7-12-4-2-1-3-5-12/h1-10H,11H2,(H,21,23)(H,22,24,25)/b9-7+. The molecule has 0 aliphatic rings. The van der Waals surface area contributed by atoms with Gasteiger partial charge in [-0.05, 0) is 29.3 Å². The summed E-state index contributed by atoms with van der Waals surface area (Å²) >= 11 is 13.1. The molecular weight excluding hydrogens is 391 g/mol. The predicted octanol–water partition coefficient (Wildman–Crippen LogP) is 5.11. The van der Waals surface area contributed by atoms with E-state index in [0.717, 1.165) is 11.1 Å². The van der Waals surface area contributed by atoms with Crippen molar-refractivity contribution in [1.82, 2.24) is 10.2 Å². The summed E-state index contributed by atoms with van der Waals surface area (Å²) in [5, 5.41) is 15.8. The number of carbonyl (C=O) groups is 1. The van der Waals surface area contributed by atoms with Gasteiger partial charge >= 0.3 is 0 Å². The van der Waals surface area contributed by atoms with Gasteiger partial charge in [-0.15, -0.1) is 10.2 Å². The molecule has 8 heteroatoms. The van der Waals surface area contributed by atoms with Gasteiger partial charge in [-0.3, -0.25) is 10.1 Å². The van der Waals surface area contributed by atoms with Crippen LogP contribution >= 0.6 is 34.5 Å². The molecule has 0 aliphatic carbocycles. The SMILES string of the molecule is O=C(/C=C/c1ccccc1)Nc1nnc(NCc2ccc(Cl)c(Cl)c2)s1. The molecule has 26 heavy (non-hydrogen) atoms. The summed E-state index contributed by atoms with van der Waals surface area (Å²) in [5.74, 6) is -0.263. The van der Waals surface area contributed by atoms with Crippen molar-refractivity contribution < 1.29 is 4.79 Å². The topological polar surface area (TPSA) is 66.9 Å². The molecule has 0 atom stereocenters. The number of carbonyl (C=O) groups excluding carboxylic acids is 1. The summed E-state index contributed by atoms with van der Waals surface area (Å²) in [6.45, 7) is 0.521. The Morgan fingerprint density at radius 2 is 1.81 bits per heavy atom. The van der Waals surface area contributed by atoms with Gasteiger partial charge in [-0.25, -0.2) is 0 Å². The van der Waals surface area contributed by atoms with Crippen LogP contribution in [-0.4, -0.2) is 16.1 Å². The largest absolute Gasteiger partial charge is 0.356 e. The van der Waals surface area contributed by atoms with Crippen LogP contribution in [0.4, 0.5) is 10.3 Å². The van der Waals surface area contributed by atoms with Gasteiger partial charge < -0.3 is 5.32 Å². The lowest BCUT2D eigenvalue weighted by molar-refractivity contribution is -0.111. The van der Waals surface area contributed by atoms with Crippen LogP contribution < -0.4 is 10.6 Å². The highest BCUT2D eigenvalue weighted by molar-refractivity contribution is 7.19. The quantitative estimate of drug-likeness (QED) is 0.560. The summed E-state index contributed by atoms with van der Waals surface area (Å²) in [5.41, 5.74) is 1.91. The normalized spacial score (nSPS) is 10.8. The van der Waals surface area contributed by atoms with Gasteiger partial charge in [0.2, 0.25) is 16.2 Å². The van der Waals surface area contributed by atoms with Crippen LogP contribution in [0.1, 0.15) is 11.1 Å². The van der Waals surface area contributed by atoms with E-state index in [0.29, 0.717) is 26.9 Å². The van der Waals surface area contributed by atoms with Crippen molar-refractivity contribution in [3.05, 3.63) is 75.8 Å². The molecule has 0 bridgehead atoms. The molecule has 1 amide bonds. The van der Waals surface area contributed by atoms with Crippen LogP contribution in [0.25, 0.3) is 6.08 Å². The summed E-state index contributed by atoms with van der Waals surface area (Å²) < 4.78 is 0. The lowest BCUT2D eigenvalue weighted by Crippen LogP contribution is -2.07. The summed E-state index contributed by atoms with van der Waals surface area (Å²) in [7, 11) is 0. The zero-order valence-electron chi connectivity index (χ0n) is 13.4. The van der Waals surface area contributed by atoms with Gasteiger partial charge in [0.15, 0.2) is 0 Å². The Labute approximate surface area is 164 Å². The minimum absolute atomic E-state index is 0.263. The zero-order valence-corrected chi connectivity index (χ0v) is 15.8. The first-order valence-electron chi connectivity index (χ1n) is 7.65. The van der Waals surface area contributed by atoms with E-state index in [4.69, 9.17) is 23.2 Å². The molecule has 3 aromatic rings. The van der Waals surface area contributed by atoms with Crippen molar-refractivity contribution in [2.75, 3.05) is 10.6 Å². The highest BCUT2D eigenvalue weighted by Gasteiger charge is 2.07. The van der Waals surface area contributed by atoms with Gasteiger partial charge in [-0.1, -0.05) is 70.9 Å². The number of benzene rings is 2. The maximum atomic E-state index is 11.9. The molecule has 2 N–H and O–H groups in total. The van der Waals surface area contributed by atoms with Crippen LogP contribution in [0, 0.1) is 0 Å². The number of halogens is 2. The average Bonchev–Trinajstić information content (AvgIpc) is 3.09. The third-order valence-corrected chi connectivity index (χ3v) is 4.85. The summed E-state index contributed by atoms with van der Waals surface area (Å²) in [4.78, 5) is 11.9. The third-order valence-electron chi connectivity index (χ3n) is 3.31. The second-order valence-electron chi connectivity index (χ2n) is 5.25. The molecule has 0 saturated heterocycles. The minimum atomic E-state index is -0.263. The molecule has 3 rings (SSSR count). The number of nitrogens with one attached hydrogen (secondary N) is 2. The molecule has 1 heterocycles. The summed E-state index contributed by atoms with van der Waals surface area (Å²) in [6, 6.07) is 15.0. The second-order valence-corrected chi connectivity index (χ2v) is 7.04. The van der Waals surface area contributed by atoms with Gasteiger partial charge in [0.1, 0.15) is 0 Å². The smallest absolute Gasteiger partial charge is 0.250 e. The highest BCUT2D eigenvalue weighted by Crippen LogP contribution is 2.24. The number of aromatic nitrogens is 2. The van der Waals surface area contributed by atoms with E-state index in [1.807, 2.05) is 36.4 Å². The Balaban J connectivity index is 1.53. The molecule has 1 aromatic heterocycles. The maximum absolute atomic E-state index is 11.9. The number of anilines is 2. The Bertz CT molecular complexity index is 928. The van der Waals surface area contributed by atoms with Gasteiger partial charge in [0, 0.05) is 12.6 Å². The fourth-order valence-corrected chi connectivity index (χ4v) is 3.02. The van der Waals surface area contributed by atoms with E-state index < -0.39 is 0 Å². The molecule has 5 nitrogen and oxygen atoms in total. The third kappa shape index (κ3) is 5.29. The monoisotopic (exact) mass is 404 g/mol. The molecule has 132 valence electrons. The Kier molecular flexibility index (Phi) is 6.22. The first kappa shape index (κ1) is 18.4. The number of hydrogen-bond acceptors (Lipinski definition) is 5. The van der Waals surface area contributed by atoms with Crippen molar-refractivity contribution in [2.24, 2.45) is 0 Å². The first-order chi connectivity index (χ1) is 12.6. The second kappa shape index (κ2) is 8.80. The van der Waals surface area contributed by atoms with Crippen LogP contribution in [0.2, 0.25) is 10.0 Å². The van der Waals surface area contributed by atoms with Crippen LogP contribution in [-0.2, 0) is 11.3 Å². The van der Waals surface area contributed by atoms with E-state index in [1.165, 1.54) is 17.4 Å². The molecule has 0 spiro atoms. The van der Waals surface area contributed by atoms with Crippen molar-refractivity contribution in [2.45, 2.75) is 6.54 Å². The van der Waals surface area contributed by atoms with Crippen LogP contribution in [0.3, 0.4) is 0 Å². The van der Waals surface area contributed by atoms with E-state index >= 15 is 0 Å². The first-order valence-corrected chi connectivity index (χ1v) is 9.23.